The van der Waals surface area contributed by atoms with Gasteiger partial charge in [0.2, 0.25) is 0 Å². The smallest absolute Gasteiger partial charge is 0.147 e. The van der Waals surface area contributed by atoms with E-state index in [-0.39, 0.29) is 11.2 Å². The van der Waals surface area contributed by atoms with Crippen molar-refractivity contribution >= 4 is 27.0 Å². The van der Waals surface area contributed by atoms with Crippen molar-refractivity contribution in [1.82, 2.24) is 15.0 Å². The minimum Gasteiger partial charge on any atom is -0.505 e. The summed E-state index contributed by atoms with van der Waals surface area (Å²) < 4.78 is 0.952. The van der Waals surface area contributed by atoms with Gasteiger partial charge in [-0.1, -0.05) is 106 Å². The highest BCUT2D eigenvalue weighted by Crippen LogP contribution is 2.43. The van der Waals surface area contributed by atoms with E-state index >= 15 is 0 Å². The Morgan fingerprint density at radius 3 is 2.26 bits per heavy atom. The topological polar surface area (TPSA) is 50.9 Å². The maximum Gasteiger partial charge on any atom is 0.147 e. The number of phenols is 1. The Balaban J connectivity index is 1.92. The molecule has 4 aromatic rings. The average molecular weight is 521 g/mol. The number of unbranched alkanes of at least 4 members (excludes halogenated alkanes) is 2. The van der Waals surface area contributed by atoms with E-state index in [9.17, 15) is 5.11 Å². The minimum atomic E-state index is -0.398. The summed E-state index contributed by atoms with van der Waals surface area (Å²) in [5, 5.41) is 21.0. The number of hydrogen-bond acceptors (Lipinski definition) is 3. The van der Waals surface area contributed by atoms with Gasteiger partial charge < -0.3 is 5.11 Å². The maximum absolute atomic E-state index is 11.6. The van der Waals surface area contributed by atoms with Crippen LogP contribution in [0.5, 0.6) is 5.75 Å². The molecule has 1 N–H and O–H groups in total. The fourth-order valence-corrected chi connectivity index (χ4v) is 4.95. The van der Waals surface area contributed by atoms with Crippen LogP contribution in [0.2, 0.25) is 0 Å². The van der Waals surface area contributed by atoms with E-state index in [1.165, 1.54) is 24.8 Å². The molecule has 0 saturated heterocycles. The van der Waals surface area contributed by atoms with Crippen molar-refractivity contribution in [3.8, 4) is 11.4 Å². The van der Waals surface area contributed by atoms with Crippen LogP contribution in [0, 0.1) is 0 Å². The zero-order chi connectivity index (χ0) is 24.5. The number of halogens is 1. The fourth-order valence-electron chi connectivity index (χ4n) is 4.61. The largest absolute Gasteiger partial charge is 0.505 e. The molecule has 3 aromatic carbocycles. The molecule has 4 nitrogen and oxygen atoms in total. The van der Waals surface area contributed by atoms with Crippen LogP contribution in [-0.4, -0.2) is 20.1 Å². The van der Waals surface area contributed by atoms with Gasteiger partial charge in [0.25, 0.3) is 0 Å². The molecule has 1 heterocycles. The molecule has 0 fully saturated rings. The number of nitrogens with zero attached hydrogens (tertiary/aromatic N) is 3. The van der Waals surface area contributed by atoms with Crippen LogP contribution in [0.15, 0.2) is 65.1 Å². The van der Waals surface area contributed by atoms with Gasteiger partial charge in [0.05, 0.1) is 0 Å². The second-order valence-electron chi connectivity index (χ2n) is 10.3. The van der Waals surface area contributed by atoms with Crippen LogP contribution in [0.1, 0.15) is 77.0 Å². The Morgan fingerprint density at radius 2 is 1.56 bits per heavy atom. The molecule has 0 bridgehead atoms. The van der Waals surface area contributed by atoms with Crippen molar-refractivity contribution < 1.29 is 5.11 Å². The predicted molar refractivity (Wildman–Crippen MR) is 144 cm³/mol. The van der Waals surface area contributed by atoms with Crippen molar-refractivity contribution in [2.24, 2.45) is 0 Å². The van der Waals surface area contributed by atoms with E-state index in [2.05, 4.69) is 74.8 Å². The van der Waals surface area contributed by atoms with E-state index in [0.717, 1.165) is 33.1 Å². The van der Waals surface area contributed by atoms with E-state index < -0.39 is 5.41 Å². The van der Waals surface area contributed by atoms with E-state index in [4.69, 9.17) is 10.2 Å². The van der Waals surface area contributed by atoms with E-state index in [1.54, 1.807) is 4.80 Å². The lowest BCUT2D eigenvalue weighted by molar-refractivity contribution is 0.433. The van der Waals surface area contributed by atoms with Crippen LogP contribution < -0.4 is 0 Å². The van der Waals surface area contributed by atoms with Gasteiger partial charge in [-0.15, -0.1) is 15.0 Å². The number of benzene rings is 3. The Hall–Kier alpha value is -2.66. The van der Waals surface area contributed by atoms with Gasteiger partial charge in [0.15, 0.2) is 0 Å². The highest BCUT2D eigenvalue weighted by Gasteiger charge is 2.32. The molecular weight excluding hydrogens is 486 g/mol. The molecule has 0 amide bonds. The van der Waals surface area contributed by atoms with Crippen LogP contribution in [0.4, 0.5) is 0 Å². The number of rotatable bonds is 8. The minimum absolute atomic E-state index is 0.0469. The molecule has 178 valence electrons. The van der Waals surface area contributed by atoms with Crippen molar-refractivity contribution in [2.45, 2.75) is 71.1 Å². The summed E-state index contributed by atoms with van der Waals surface area (Å²) in [4.78, 5) is 1.59. The average Bonchev–Trinajstić information content (AvgIpc) is 3.22. The Morgan fingerprint density at radius 1 is 0.853 bits per heavy atom. The summed E-state index contributed by atoms with van der Waals surface area (Å²) in [5.74, 6) is 0.223. The highest BCUT2D eigenvalue weighted by atomic mass is 79.9. The molecular formula is C29H34BrN3O. The maximum atomic E-state index is 11.6. The zero-order valence-corrected chi connectivity index (χ0v) is 22.4. The van der Waals surface area contributed by atoms with Gasteiger partial charge in [0, 0.05) is 15.5 Å². The summed E-state index contributed by atoms with van der Waals surface area (Å²) in [7, 11) is 0. The molecule has 0 radical (unpaired) electrons. The summed E-state index contributed by atoms with van der Waals surface area (Å²) in [5.41, 5.74) is 4.98. The lowest BCUT2D eigenvalue weighted by Crippen LogP contribution is -2.23. The number of aromatic nitrogens is 3. The van der Waals surface area contributed by atoms with E-state index in [0.29, 0.717) is 5.69 Å². The number of phenolic OH excluding ortho intramolecular Hbond substituents is 1. The number of hydrogen-bond donors (Lipinski definition) is 1. The highest BCUT2D eigenvalue weighted by molar-refractivity contribution is 9.10. The lowest BCUT2D eigenvalue weighted by atomic mass is 9.73. The number of aromatic hydroxyl groups is 1. The summed E-state index contributed by atoms with van der Waals surface area (Å²) in [6.45, 7) is 11.2. The van der Waals surface area contributed by atoms with Crippen molar-refractivity contribution in [3.05, 3.63) is 81.8 Å². The molecule has 5 heteroatoms. The first kappa shape index (κ1) is 24.5. The first-order valence-corrected chi connectivity index (χ1v) is 12.9. The first-order chi connectivity index (χ1) is 16.1. The standard InChI is InChI=1S/C29H34BrN3O/c1-6-7-11-16-28(2,3)21-17-23(29(4,5)20-12-9-8-10-13-20)27(34)26(18-21)33-31-24-15-14-22(30)19-25(24)32-33/h8-10,12-15,17-19,34H,6-7,11,16H2,1-5H3. The second kappa shape index (κ2) is 9.53. The predicted octanol–water partition coefficient (Wildman–Crippen LogP) is 8.07. The molecule has 0 spiro atoms. The van der Waals surface area contributed by atoms with Crippen molar-refractivity contribution in [1.29, 1.82) is 0 Å². The molecule has 1 aromatic heterocycles. The Bertz CT molecular complexity index is 1290. The second-order valence-corrected chi connectivity index (χ2v) is 11.3. The zero-order valence-electron chi connectivity index (χ0n) is 20.8. The molecule has 0 atom stereocenters. The van der Waals surface area contributed by atoms with Crippen molar-refractivity contribution in [2.75, 3.05) is 0 Å². The molecule has 0 unspecified atom stereocenters. The third-order valence-electron chi connectivity index (χ3n) is 7.00. The molecule has 0 aliphatic rings. The summed E-state index contributed by atoms with van der Waals surface area (Å²) in [6.07, 6.45) is 4.67. The quantitative estimate of drug-likeness (QED) is 0.239. The van der Waals surface area contributed by atoms with Crippen LogP contribution >= 0.6 is 15.9 Å². The molecule has 0 aliphatic carbocycles. The van der Waals surface area contributed by atoms with Gasteiger partial charge in [0.1, 0.15) is 22.5 Å². The Kier molecular flexibility index (Phi) is 6.86. The molecule has 4 rings (SSSR count). The fraction of sp³-hybridized carbons (Fsp3) is 0.379. The van der Waals surface area contributed by atoms with Crippen LogP contribution in [0.3, 0.4) is 0 Å². The third-order valence-corrected chi connectivity index (χ3v) is 7.50. The first-order valence-electron chi connectivity index (χ1n) is 12.1. The monoisotopic (exact) mass is 519 g/mol. The summed E-state index contributed by atoms with van der Waals surface area (Å²) in [6, 6.07) is 20.5. The number of fused-ring (bicyclic) bond motifs is 1. The van der Waals surface area contributed by atoms with Gasteiger partial charge in [-0.2, -0.15) is 0 Å². The molecule has 0 saturated carbocycles. The third kappa shape index (κ3) is 4.76. The van der Waals surface area contributed by atoms with Gasteiger partial charge in [-0.25, -0.2) is 0 Å². The molecule has 0 aliphatic heterocycles. The van der Waals surface area contributed by atoms with Gasteiger partial charge in [-0.3, -0.25) is 0 Å². The SMILES string of the molecule is CCCCCC(C)(C)c1cc(-n2nc3ccc(Br)cc3n2)c(O)c(C(C)(C)c2ccccc2)c1. The normalized spacial score (nSPS) is 12.4. The van der Waals surface area contributed by atoms with Crippen LogP contribution in [0.25, 0.3) is 16.7 Å². The Labute approximate surface area is 211 Å². The summed E-state index contributed by atoms with van der Waals surface area (Å²) >= 11 is 3.52. The lowest BCUT2D eigenvalue weighted by Gasteiger charge is -2.32. The van der Waals surface area contributed by atoms with E-state index in [1.807, 2.05) is 36.4 Å². The molecule has 34 heavy (non-hydrogen) atoms. The van der Waals surface area contributed by atoms with Crippen LogP contribution in [-0.2, 0) is 10.8 Å². The van der Waals surface area contributed by atoms with Gasteiger partial charge in [-0.05, 0) is 47.2 Å². The van der Waals surface area contributed by atoms with Gasteiger partial charge >= 0.3 is 0 Å². The van der Waals surface area contributed by atoms with Crippen molar-refractivity contribution in [3.63, 3.8) is 0 Å².